The summed E-state index contributed by atoms with van der Waals surface area (Å²) in [4.78, 5) is 25.3. The molecule has 0 saturated heterocycles. The average molecular weight is 259 g/mol. The second-order valence-corrected chi connectivity index (χ2v) is 4.46. The third-order valence-corrected chi connectivity index (χ3v) is 2.76. The van der Waals surface area contributed by atoms with Gasteiger partial charge in [-0.15, -0.1) is 0 Å². The van der Waals surface area contributed by atoms with Crippen LogP contribution >= 0.6 is 23.3 Å². The van der Waals surface area contributed by atoms with E-state index in [1.54, 1.807) is 0 Å². The molecule has 16 heavy (non-hydrogen) atoms. The summed E-state index contributed by atoms with van der Waals surface area (Å²) in [5.41, 5.74) is 0. The summed E-state index contributed by atoms with van der Waals surface area (Å²) < 4.78 is 3.99. The van der Waals surface area contributed by atoms with Crippen molar-refractivity contribution in [3.63, 3.8) is 0 Å². The topological polar surface area (TPSA) is 92.2 Å². The maximum atomic E-state index is 11.2. The number of nitrogens with zero attached hydrogens (tertiary/aromatic N) is 2. The number of thioether (sulfide) groups is 1. The molecule has 1 rings (SSSR count). The van der Waals surface area contributed by atoms with E-state index in [2.05, 4.69) is 14.7 Å². The van der Waals surface area contributed by atoms with Crippen molar-refractivity contribution < 1.29 is 14.7 Å². The molecule has 6 nitrogen and oxygen atoms in total. The maximum absolute atomic E-state index is 11.2. The molecule has 86 valence electrons. The molecular formula is C8H9N3O3S2. The largest absolute Gasteiger partial charge is 0.478 e. The zero-order chi connectivity index (χ0) is 12.0. The van der Waals surface area contributed by atoms with Crippen molar-refractivity contribution >= 4 is 40.3 Å². The molecule has 0 bridgehead atoms. The first-order valence-corrected chi connectivity index (χ1v) is 6.06. The lowest BCUT2D eigenvalue weighted by Gasteiger charge is -1.93. The number of hydrogen-bond acceptors (Lipinski definition) is 6. The minimum Gasteiger partial charge on any atom is -0.478 e. The van der Waals surface area contributed by atoms with Crippen LogP contribution in [0.4, 0.5) is 5.13 Å². The summed E-state index contributed by atoms with van der Waals surface area (Å²) in [7, 11) is 0. The van der Waals surface area contributed by atoms with Gasteiger partial charge in [0.2, 0.25) is 16.2 Å². The lowest BCUT2D eigenvalue weighted by atomic mass is 10.5. The Hall–Kier alpha value is -1.41. The number of hydrogen-bond donors (Lipinski definition) is 2. The van der Waals surface area contributed by atoms with E-state index in [-0.39, 0.29) is 0 Å². The van der Waals surface area contributed by atoms with Crippen molar-refractivity contribution in [2.75, 3.05) is 11.1 Å². The second kappa shape index (κ2) is 6.23. The van der Waals surface area contributed by atoms with Gasteiger partial charge >= 0.3 is 5.97 Å². The molecule has 1 aromatic rings. The van der Waals surface area contributed by atoms with E-state index in [0.29, 0.717) is 10.3 Å². The van der Waals surface area contributed by atoms with Crippen LogP contribution in [0.15, 0.2) is 17.3 Å². The Morgan fingerprint density at radius 1 is 1.56 bits per heavy atom. The Balaban J connectivity index is 2.52. The number of carbonyl (C=O) groups is 2. The summed E-state index contributed by atoms with van der Waals surface area (Å²) in [6, 6.07) is 0. The molecule has 0 aromatic carbocycles. The highest BCUT2D eigenvalue weighted by molar-refractivity contribution is 7.99. The molecule has 0 unspecified atom stereocenters. The molecule has 1 amide bonds. The number of rotatable bonds is 5. The molecule has 1 heterocycles. The van der Waals surface area contributed by atoms with Gasteiger partial charge in [-0.05, 0) is 5.75 Å². The molecule has 0 saturated carbocycles. The molecular weight excluding hydrogens is 250 g/mol. The van der Waals surface area contributed by atoms with Crippen molar-refractivity contribution in [2.45, 2.75) is 12.1 Å². The minimum absolute atomic E-state index is 0.357. The molecule has 2 N–H and O–H groups in total. The second-order valence-electron chi connectivity index (χ2n) is 2.48. The predicted octanol–water partition coefficient (Wildman–Crippen LogP) is 1.23. The summed E-state index contributed by atoms with van der Waals surface area (Å²) in [5.74, 6) is -0.857. The van der Waals surface area contributed by atoms with Crippen LogP contribution in [0.5, 0.6) is 0 Å². The Morgan fingerprint density at radius 3 is 2.94 bits per heavy atom. The number of carboxylic acid groups (broad SMARTS) is 1. The summed E-state index contributed by atoms with van der Waals surface area (Å²) >= 11 is 2.52. The zero-order valence-electron chi connectivity index (χ0n) is 8.34. The fourth-order valence-electron chi connectivity index (χ4n) is 0.743. The molecule has 0 aliphatic carbocycles. The van der Waals surface area contributed by atoms with E-state index < -0.39 is 11.9 Å². The number of carbonyl (C=O) groups excluding carboxylic acids is 1. The molecule has 0 atom stereocenters. The third-order valence-electron chi connectivity index (χ3n) is 1.29. The maximum Gasteiger partial charge on any atom is 0.328 e. The van der Waals surface area contributed by atoms with E-state index in [9.17, 15) is 9.59 Å². The standard InChI is InChI=1S/C8H9N3O3S2/c1-2-15-8-10-7(16-11-8)9-5(12)3-4-6(13)14/h3-4H,2H2,1H3,(H,13,14)(H,9,10,11,12)/b4-3+. The van der Waals surface area contributed by atoms with Crippen LogP contribution < -0.4 is 5.32 Å². The zero-order valence-corrected chi connectivity index (χ0v) is 9.97. The third kappa shape index (κ3) is 4.41. The SMILES string of the molecule is CCSc1nsc(NC(=O)/C=C/C(=O)O)n1. The Labute approximate surface area is 99.9 Å². The quantitative estimate of drug-likeness (QED) is 0.610. The minimum atomic E-state index is -1.17. The fourth-order valence-corrected chi connectivity index (χ4v) is 2.02. The Morgan fingerprint density at radius 2 is 2.31 bits per heavy atom. The highest BCUT2D eigenvalue weighted by atomic mass is 32.2. The number of anilines is 1. The summed E-state index contributed by atoms with van der Waals surface area (Å²) in [5, 5.41) is 11.7. The van der Waals surface area contributed by atoms with Crippen molar-refractivity contribution in [3.05, 3.63) is 12.2 Å². The molecule has 0 fully saturated rings. The molecule has 0 aliphatic rings. The lowest BCUT2D eigenvalue weighted by Crippen LogP contribution is -2.08. The predicted molar refractivity (Wildman–Crippen MR) is 61.7 cm³/mol. The van der Waals surface area contributed by atoms with Gasteiger partial charge in [0.15, 0.2) is 0 Å². The van der Waals surface area contributed by atoms with E-state index in [4.69, 9.17) is 5.11 Å². The number of amides is 1. The van der Waals surface area contributed by atoms with E-state index in [0.717, 1.165) is 29.4 Å². The van der Waals surface area contributed by atoms with Crippen molar-refractivity contribution in [1.29, 1.82) is 0 Å². The fraction of sp³-hybridized carbons (Fsp3) is 0.250. The van der Waals surface area contributed by atoms with Gasteiger partial charge in [-0.1, -0.05) is 18.7 Å². The van der Waals surface area contributed by atoms with E-state index in [1.165, 1.54) is 11.8 Å². The molecule has 0 radical (unpaired) electrons. The van der Waals surface area contributed by atoms with Crippen LogP contribution in [0.3, 0.4) is 0 Å². The van der Waals surface area contributed by atoms with Crippen LogP contribution in [0.1, 0.15) is 6.92 Å². The number of aliphatic carboxylic acids is 1. The van der Waals surface area contributed by atoms with Crippen molar-refractivity contribution in [3.8, 4) is 0 Å². The Kier molecular flexibility index (Phi) is 4.93. The van der Waals surface area contributed by atoms with Crippen LogP contribution in [0, 0.1) is 0 Å². The van der Waals surface area contributed by atoms with Gasteiger partial charge in [-0.3, -0.25) is 10.1 Å². The van der Waals surface area contributed by atoms with E-state index >= 15 is 0 Å². The van der Waals surface area contributed by atoms with Gasteiger partial charge in [0, 0.05) is 23.7 Å². The van der Waals surface area contributed by atoms with Crippen LogP contribution in [0.25, 0.3) is 0 Å². The van der Waals surface area contributed by atoms with Gasteiger partial charge in [-0.2, -0.15) is 9.36 Å². The van der Waals surface area contributed by atoms with Gasteiger partial charge in [-0.25, -0.2) is 4.79 Å². The number of aromatic nitrogens is 2. The summed E-state index contributed by atoms with van der Waals surface area (Å²) in [6.07, 6.45) is 1.69. The van der Waals surface area contributed by atoms with E-state index in [1.807, 2.05) is 6.92 Å². The monoisotopic (exact) mass is 259 g/mol. The van der Waals surface area contributed by atoms with Gasteiger partial charge in [0.1, 0.15) is 0 Å². The number of nitrogens with one attached hydrogen (secondary N) is 1. The van der Waals surface area contributed by atoms with Crippen LogP contribution in [-0.4, -0.2) is 32.1 Å². The van der Waals surface area contributed by atoms with Crippen molar-refractivity contribution in [1.82, 2.24) is 9.36 Å². The summed E-state index contributed by atoms with van der Waals surface area (Å²) in [6.45, 7) is 1.97. The molecule has 0 spiro atoms. The first kappa shape index (κ1) is 12.7. The van der Waals surface area contributed by atoms with Crippen LogP contribution in [-0.2, 0) is 9.59 Å². The number of carboxylic acids is 1. The Bertz CT molecular complexity index is 416. The normalized spacial score (nSPS) is 10.6. The van der Waals surface area contributed by atoms with Gasteiger partial charge in [0.05, 0.1) is 0 Å². The van der Waals surface area contributed by atoms with Gasteiger partial charge in [0.25, 0.3) is 0 Å². The highest BCUT2D eigenvalue weighted by Gasteiger charge is 2.05. The first-order valence-electron chi connectivity index (χ1n) is 4.30. The van der Waals surface area contributed by atoms with Gasteiger partial charge < -0.3 is 5.11 Å². The molecule has 1 aromatic heterocycles. The van der Waals surface area contributed by atoms with Crippen LogP contribution in [0.2, 0.25) is 0 Å². The first-order chi connectivity index (χ1) is 7.61. The average Bonchev–Trinajstić information content (AvgIpc) is 2.63. The van der Waals surface area contributed by atoms with Crippen molar-refractivity contribution in [2.24, 2.45) is 0 Å². The highest BCUT2D eigenvalue weighted by Crippen LogP contribution is 2.19. The molecule has 8 heteroatoms. The molecule has 0 aliphatic heterocycles. The lowest BCUT2D eigenvalue weighted by molar-refractivity contribution is -0.131. The smallest absolute Gasteiger partial charge is 0.328 e.